The van der Waals surface area contributed by atoms with Crippen LogP contribution in [0.2, 0.25) is 0 Å². The van der Waals surface area contributed by atoms with Crippen molar-refractivity contribution < 1.29 is 23.4 Å². The number of ketones is 1. The number of carbonyl (C=O) groups excluding carboxylic acids is 1. The molecule has 1 unspecified atom stereocenters. The number of nitrogens with zero attached hydrogens (tertiary/aromatic N) is 4. The average Bonchev–Trinajstić information content (AvgIpc) is 3.67. The van der Waals surface area contributed by atoms with Gasteiger partial charge in [-0.2, -0.15) is 4.98 Å². The van der Waals surface area contributed by atoms with Crippen LogP contribution >= 0.6 is 0 Å². The Balaban J connectivity index is 1.63. The molecule has 2 N–H and O–H groups in total. The summed E-state index contributed by atoms with van der Waals surface area (Å²) in [6, 6.07) is 1.58. The third-order valence-corrected chi connectivity index (χ3v) is 6.15. The number of ether oxygens (including phenoxy) is 3. The van der Waals surface area contributed by atoms with Crippen LogP contribution in [0, 0.1) is 11.7 Å². The van der Waals surface area contributed by atoms with Gasteiger partial charge in [-0.1, -0.05) is 0 Å². The molecule has 2 heterocycles. The third-order valence-electron chi connectivity index (χ3n) is 6.15. The van der Waals surface area contributed by atoms with E-state index in [-0.39, 0.29) is 40.6 Å². The smallest absolute Gasteiger partial charge is 0.228 e. The minimum atomic E-state index is -0.643. The molecule has 1 aliphatic carbocycles. The van der Waals surface area contributed by atoms with Crippen molar-refractivity contribution in [3.63, 3.8) is 0 Å². The number of hydrogen-bond donors (Lipinski definition) is 1. The fourth-order valence-corrected chi connectivity index (χ4v) is 4.13. The quantitative estimate of drug-likeness (QED) is 0.566. The van der Waals surface area contributed by atoms with Crippen LogP contribution in [0.3, 0.4) is 0 Å². The number of fused-ring (bicyclic) bond motifs is 1. The number of carbonyl (C=O) groups is 1. The van der Waals surface area contributed by atoms with Crippen molar-refractivity contribution in [2.24, 2.45) is 5.92 Å². The Labute approximate surface area is 192 Å². The highest BCUT2D eigenvalue weighted by atomic mass is 19.1. The molecule has 33 heavy (non-hydrogen) atoms. The highest BCUT2D eigenvalue weighted by molar-refractivity contribution is 5.93. The van der Waals surface area contributed by atoms with E-state index in [4.69, 9.17) is 19.9 Å². The molecule has 9 nitrogen and oxygen atoms in total. The van der Waals surface area contributed by atoms with E-state index in [2.05, 4.69) is 14.9 Å². The van der Waals surface area contributed by atoms with E-state index in [1.54, 1.807) is 19.3 Å². The van der Waals surface area contributed by atoms with Gasteiger partial charge in [-0.25, -0.2) is 9.37 Å². The van der Waals surface area contributed by atoms with E-state index in [9.17, 15) is 4.79 Å². The summed E-state index contributed by atoms with van der Waals surface area (Å²) in [5, 5.41) is 0.363. The molecule has 1 aromatic carbocycles. The number of nitrogen functional groups attached to an aromatic ring is 1. The van der Waals surface area contributed by atoms with Crippen LogP contribution in [0.4, 0.5) is 16.2 Å². The van der Waals surface area contributed by atoms with Gasteiger partial charge in [0.05, 0.1) is 20.3 Å². The minimum Gasteiger partial charge on any atom is -0.493 e. The highest BCUT2D eigenvalue weighted by Gasteiger charge is 2.30. The lowest BCUT2D eigenvalue weighted by Crippen LogP contribution is -2.52. The topological polar surface area (TPSA) is 103 Å². The number of aromatic nitrogens is 2. The first kappa shape index (κ1) is 23.0. The zero-order valence-corrected chi connectivity index (χ0v) is 19.2. The lowest BCUT2D eigenvalue weighted by atomic mass is 10.1. The van der Waals surface area contributed by atoms with Crippen LogP contribution in [0.15, 0.2) is 18.3 Å². The van der Waals surface area contributed by atoms with E-state index < -0.39 is 5.82 Å². The van der Waals surface area contributed by atoms with E-state index in [1.807, 2.05) is 11.1 Å². The Morgan fingerprint density at radius 3 is 2.70 bits per heavy atom. The molecule has 1 aliphatic heterocycles. The second-order valence-corrected chi connectivity index (χ2v) is 8.35. The maximum Gasteiger partial charge on any atom is 0.228 e. The van der Waals surface area contributed by atoms with Crippen LogP contribution in [0.25, 0.3) is 10.9 Å². The van der Waals surface area contributed by atoms with E-state index in [0.29, 0.717) is 44.0 Å². The molecule has 1 aromatic heterocycles. The Morgan fingerprint density at radius 2 is 2.03 bits per heavy atom. The zero-order valence-electron chi connectivity index (χ0n) is 19.2. The van der Waals surface area contributed by atoms with Gasteiger partial charge in [0.2, 0.25) is 5.95 Å². The molecule has 178 valence electrons. The largest absolute Gasteiger partial charge is 0.493 e. The first-order valence-corrected chi connectivity index (χ1v) is 11.1. The number of rotatable bonds is 9. The molecule has 0 bridgehead atoms. The molecule has 1 saturated heterocycles. The van der Waals surface area contributed by atoms with Crippen LogP contribution in [-0.2, 0) is 9.53 Å². The lowest BCUT2D eigenvalue weighted by Gasteiger charge is -2.41. The average molecular weight is 460 g/mol. The normalized spacial score (nSPS) is 18.8. The van der Waals surface area contributed by atoms with Crippen molar-refractivity contribution in [1.82, 2.24) is 14.9 Å². The summed E-state index contributed by atoms with van der Waals surface area (Å²) < 4.78 is 30.9. The molecule has 0 amide bonds. The summed E-state index contributed by atoms with van der Waals surface area (Å²) in [5.41, 5.74) is 6.29. The van der Waals surface area contributed by atoms with Crippen LogP contribution in [-0.4, -0.2) is 74.3 Å². The first-order valence-electron chi connectivity index (χ1n) is 11.1. The SMILES string of the molecule is COCCC1CN(/C=C/C(=O)C2CC2)CCN1c1nc(N)c2cc(OC)c(OC)c(F)c2n1. The molecule has 2 aromatic rings. The number of piperazine rings is 1. The third kappa shape index (κ3) is 4.80. The number of methoxy groups -OCH3 is 3. The van der Waals surface area contributed by atoms with Crippen molar-refractivity contribution in [1.29, 1.82) is 0 Å². The van der Waals surface area contributed by atoms with Crippen molar-refractivity contribution >= 4 is 28.5 Å². The van der Waals surface area contributed by atoms with Gasteiger partial charge in [0.25, 0.3) is 0 Å². The number of allylic oxidation sites excluding steroid dienone is 1. The molecule has 0 radical (unpaired) electrons. The van der Waals surface area contributed by atoms with Crippen LogP contribution in [0.5, 0.6) is 11.5 Å². The van der Waals surface area contributed by atoms with Gasteiger partial charge in [0.15, 0.2) is 23.1 Å². The van der Waals surface area contributed by atoms with Crippen LogP contribution < -0.4 is 20.1 Å². The minimum absolute atomic E-state index is 0.000526. The summed E-state index contributed by atoms with van der Waals surface area (Å²) in [6.45, 7) is 2.47. The summed E-state index contributed by atoms with van der Waals surface area (Å²) in [6.07, 6.45) is 6.25. The molecule has 2 fully saturated rings. The van der Waals surface area contributed by atoms with E-state index >= 15 is 4.39 Å². The fraction of sp³-hybridized carbons (Fsp3) is 0.522. The van der Waals surface area contributed by atoms with Gasteiger partial charge in [0, 0.05) is 50.9 Å². The molecule has 1 saturated carbocycles. The van der Waals surface area contributed by atoms with E-state index in [0.717, 1.165) is 12.8 Å². The second kappa shape index (κ2) is 9.78. The number of halogens is 1. The molecule has 10 heteroatoms. The van der Waals surface area contributed by atoms with Crippen molar-refractivity contribution in [2.45, 2.75) is 25.3 Å². The molecular weight excluding hydrogens is 429 g/mol. The van der Waals surface area contributed by atoms with Gasteiger partial charge in [-0.15, -0.1) is 0 Å². The number of hydrogen-bond acceptors (Lipinski definition) is 9. The van der Waals surface area contributed by atoms with Gasteiger partial charge >= 0.3 is 0 Å². The predicted molar refractivity (Wildman–Crippen MR) is 123 cm³/mol. The lowest BCUT2D eigenvalue weighted by molar-refractivity contribution is -0.115. The molecular formula is C23H30FN5O4. The van der Waals surface area contributed by atoms with Gasteiger partial charge in [-0.05, 0) is 31.4 Å². The van der Waals surface area contributed by atoms with Gasteiger partial charge in [-0.3, -0.25) is 4.79 Å². The summed E-state index contributed by atoms with van der Waals surface area (Å²) in [4.78, 5) is 25.2. The maximum absolute atomic E-state index is 15.2. The Bertz CT molecular complexity index is 1060. The monoisotopic (exact) mass is 459 g/mol. The van der Waals surface area contributed by atoms with E-state index in [1.165, 1.54) is 14.2 Å². The number of benzene rings is 1. The number of nitrogens with two attached hydrogens (primary N) is 1. The summed E-state index contributed by atoms with van der Waals surface area (Å²) in [7, 11) is 4.46. The van der Waals surface area contributed by atoms with Crippen molar-refractivity contribution in [3.05, 3.63) is 24.2 Å². The Morgan fingerprint density at radius 1 is 1.24 bits per heavy atom. The van der Waals surface area contributed by atoms with Crippen LogP contribution in [0.1, 0.15) is 19.3 Å². The Hall–Kier alpha value is -3.14. The van der Waals surface area contributed by atoms with Crippen molar-refractivity contribution in [3.8, 4) is 11.5 Å². The first-order chi connectivity index (χ1) is 16.0. The fourth-order valence-electron chi connectivity index (χ4n) is 4.13. The molecule has 0 spiro atoms. The molecule has 2 aliphatic rings. The standard InChI is InChI=1S/C23H30FN5O4/c1-31-11-7-15-13-28(8-6-17(30)14-4-5-14)9-10-29(15)23-26-20-16(22(25)27-23)12-18(32-2)21(33-3)19(20)24/h6,8,12,14-15H,4-5,7,9-11,13H2,1-3H3,(H2,25,26,27)/b8-6+. The summed E-state index contributed by atoms with van der Waals surface area (Å²) >= 11 is 0. The summed E-state index contributed by atoms with van der Waals surface area (Å²) in [5.74, 6) is 0.464. The van der Waals surface area contributed by atoms with Gasteiger partial charge in [0.1, 0.15) is 11.3 Å². The molecule has 4 rings (SSSR count). The Kier molecular flexibility index (Phi) is 6.83. The second-order valence-electron chi connectivity index (χ2n) is 8.35. The maximum atomic E-state index is 15.2. The predicted octanol–water partition coefficient (Wildman–Crippen LogP) is 2.39. The molecule has 1 atom stereocenters. The number of anilines is 2. The zero-order chi connectivity index (χ0) is 23.5. The van der Waals surface area contributed by atoms with Gasteiger partial charge < -0.3 is 29.7 Å². The highest BCUT2D eigenvalue weighted by Crippen LogP contribution is 2.38. The van der Waals surface area contributed by atoms with Crippen molar-refractivity contribution in [2.75, 3.05) is 58.2 Å².